The molecule has 4 nitrogen and oxygen atoms in total. The maximum absolute atomic E-state index is 12.3. The molecule has 5 heteroatoms. The van der Waals surface area contributed by atoms with Crippen molar-refractivity contribution in [2.24, 2.45) is 5.41 Å². The highest BCUT2D eigenvalue weighted by molar-refractivity contribution is 7.17. The summed E-state index contributed by atoms with van der Waals surface area (Å²) in [4.78, 5) is 20.4. The largest absolute Gasteiger partial charge is 0.375 e. The van der Waals surface area contributed by atoms with Crippen LogP contribution in [0.5, 0.6) is 0 Å². The van der Waals surface area contributed by atoms with E-state index in [1.165, 1.54) is 0 Å². The first kappa shape index (κ1) is 15.0. The van der Waals surface area contributed by atoms with E-state index in [4.69, 9.17) is 9.72 Å². The number of Topliss-reactive ketones (excluding diaryl/α,β-unsaturated/α-hetero) is 1. The molecule has 0 aromatic carbocycles. The number of morpholine rings is 1. The second-order valence-corrected chi connectivity index (χ2v) is 8.05. The van der Waals surface area contributed by atoms with Gasteiger partial charge in [0.2, 0.25) is 0 Å². The molecule has 3 rings (SSSR count). The summed E-state index contributed by atoms with van der Waals surface area (Å²) in [5, 5.41) is 1.01. The monoisotopic (exact) mass is 308 g/mol. The standard InChI is InChI=1S/C16H24N2O2S/c1-5-11-9-20-10(2)8-18(11)15-17-12-6-16(3,4)7-13(19)14(12)21-15/h10-11H,5-9H2,1-4H3. The Morgan fingerprint density at radius 3 is 2.90 bits per heavy atom. The quantitative estimate of drug-likeness (QED) is 0.840. The van der Waals surface area contributed by atoms with E-state index in [0.29, 0.717) is 12.5 Å². The number of rotatable bonds is 2. The molecular formula is C16H24N2O2S. The summed E-state index contributed by atoms with van der Waals surface area (Å²) in [5.74, 6) is 0.263. The van der Waals surface area contributed by atoms with Crippen molar-refractivity contribution in [1.82, 2.24) is 4.98 Å². The Hall–Kier alpha value is -0.940. The van der Waals surface area contributed by atoms with E-state index in [0.717, 1.165) is 41.7 Å². The van der Waals surface area contributed by atoms with Crippen molar-refractivity contribution in [2.45, 2.75) is 59.1 Å². The van der Waals surface area contributed by atoms with Gasteiger partial charge in [-0.2, -0.15) is 0 Å². The Labute approximate surface area is 130 Å². The Kier molecular flexibility index (Phi) is 3.82. The average molecular weight is 308 g/mol. The number of nitrogens with zero attached hydrogens (tertiary/aromatic N) is 2. The summed E-state index contributed by atoms with van der Waals surface area (Å²) in [6.07, 6.45) is 2.80. The molecule has 1 aliphatic carbocycles. The van der Waals surface area contributed by atoms with E-state index in [1.807, 2.05) is 0 Å². The van der Waals surface area contributed by atoms with E-state index in [-0.39, 0.29) is 17.3 Å². The van der Waals surface area contributed by atoms with Crippen LogP contribution in [0.2, 0.25) is 0 Å². The molecule has 1 aromatic rings. The molecule has 21 heavy (non-hydrogen) atoms. The van der Waals surface area contributed by atoms with Gasteiger partial charge in [0.05, 0.1) is 29.3 Å². The fourth-order valence-electron chi connectivity index (χ4n) is 3.25. The van der Waals surface area contributed by atoms with Gasteiger partial charge in [-0.05, 0) is 25.2 Å². The van der Waals surface area contributed by atoms with Crippen LogP contribution in [0.1, 0.15) is 55.9 Å². The zero-order valence-corrected chi connectivity index (χ0v) is 14.1. The first-order valence-electron chi connectivity index (χ1n) is 7.81. The van der Waals surface area contributed by atoms with Crippen molar-refractivity contribution in [3.63, 3.8) is 0 Å². The van der Waals surface area contributed by atoms with Gasteiger partial charge in [-0.1, -0.05) is 32.1 Å². The summed E-state index contributed by atoms with van der Waals surface area (Å²) in [5.41, 5.74) is 1.04. The van der Waals surface area contributed by atoms with Crippen LogP contribution in [0.15, 0.2) is 0 Å². The lowest BCUT2D eigenvalue weighted by Crippen LogP contribution is -2.48. The lowest BCUT2D eigenvalue weighted by molar-refractivity contribution is 0.0299. The van der Waals surface area contributed by atoms with Gasteiger partial charge in [-0.3, -0.25) is 4.79 Å². The normalized spacial score (nSPS) is 28.6. The molecule has 1 aliphatic heterocycles. The smallest absolute Gasteiger partial charge is 0.186 e. The molecule has 2 unspecified atom stereocenters. The van der Waals surface area contributed by atoms with Crippen molar-refractivity contribution in [3.8, 4) is 0 Å². The van der Waals surface area contributed by atoms with Crippen molar-refractivity contribution in [1.29, 1.82) is 0 Å². The van der Waals surface area contributed by atoms with Crippen LogP contribution < -0.4 is 4.90 Å². The van der Waals surface area contributed by atoms with Crippen LogP contribution in [-0.2, 0) is 11.2 Å². The minimum Gasteiger partial charge on any atom is -0.375 e. The Morgan fingerprint density at radius 2 is 2.19 bits per heavy atom. The van der Waals surface area contributed by atoms with E-state index in [2.05, 4.69) is 32.6 Å². The van der Waals surface area contributed by atoms with Crippen LogP contribution in [0.25, 0.3) is 0 Å². The molecule has 1 saturated heterocycles. The molecule has 0 N–H and O–H groups in total. The minimum absolute atomic E-state index is 0.0396. The third-order valence-corrected chi connectivity index (χ3v) is 5.58. The van der Waals surface area contributed by atoms with Gasteiger partial charge in [0.1, 0.15) is 0 Å². The summed E-state index contributed by atoms with van der Waals surface area (Å²) in [7, 11) is 0. The fraction of sp³-hybridized carbons (Fsp3) is 0.750. The number of fused-ring (bicyclic) bond motifs is 1. The first-order chi connectivity index (χ1) is 9.89. The topological polar surface area (TPSA) is 42.4 Å². The van der Waals surface area contributed by atoms with E-state index in [9.17, 15) is 4.79 Å². The number of thiazole rings is 1. The van der Waals surface area contributed by atoms with Gasteiger partial charge in [-0.15, -0.1) is 0 Å². The highest BCUT2D eigenvalue weighted by Crippen LogP contribution is 2.40. The van der Waals surface area contributed by atoms with Crippen LogP contribution in [-0.4, -0.2) is 36.1 Å². The van der Waals surface area contributed by atoms with E-state index >= 15 is 0 Å². The number of hydrogen-bond donors (Lipinski definition) is 0. The Balaban J connectivity index is 1.92. The molecule has 0 radical (unpaired) electrons. The highest BCUT2D eigenvalue weighted by atomic mass is 32.1. The third kappa shape index (κ3) is 2.86. The number of ketones is 1. The predicted molar refractivity (Wildman–Crippen MR) is 85.4 cm³/mol. The van der Waals surface area contributed by atoms with Gasteiger partial charge in [0.25, 0.3) is 0 Å². The number of carbonyl (C=O) groups excluding carboxylic acids is 1. The number of ether oxygens (including phenoxy) is 1. The molecule has 0 spiro atoms. The number of aromatic nitrogens is 1. The summed E-state index contributed by atoms with van der Waals surface area (Å²) in [6, 6.07) is 0.372. The average Bonchev–Trinajstić information content (AvgIpc) is 2.81. The van der Waals surface area contributed by atoms with Crippen LogP contribution in [0.3, 0.4) is 0 Å². The molecule has 0 bridgehead atoms. The zero-order valence-electron chi connectivity index (χ0n) is 13.3. The van der Waals surface area contributed by atoms with Gasteiger partial charge in [0, 0.05) is 13.0 Å². The lowest BCUT2D eigenvalue weighted by atomic mass is 9.78. The maximum atomic E-state index is 12.3. The molecule has 1 aromatic heterocycles. The number of carbonyl (C=O) groups is 1. The molecule has 0 saturated carbocycles. The SMILES string of the molecule is CCC1COC(C)CN1c1nc2c(s1)C(=O)CC(C)(C)C2. The van der Waals surface area contributed by atoms with Crippen LogP contribution in [0.4, 0.5) is 5.13 Å². The predicted octanol–water partition coefficient (Wildman–Crippen LogP) is 3.30. The Morgan fingerprint density at radius 1 is 1.43 bits per heavy atom. The number of hydrogen-bond acceptors (Lipinski definition) is 5. The molecule has 2 aliphatic rings. The number of anilines is 1. The van der Waals surface area contributed by atoms with Gasteiger partial charge < -0.3 is 9.64 Å². The molecule has 2 atom stereocenters. The summed E-state index contributed by atoms with van der Waals surface area (Å²) >= 11 is 1.58. The maximum Gasteiger partial charge on any atom is 0.186 e. The molecular weight excluding hydrogens is 284 g/mol. The summed E-state index contributed by atoms with van der Waals surface area (Å²) in [6.45, 7) is 10.2. The Bertz CT molecular complexity index is 552. The van der Waals surface area contributed by atoms with Gasteiger partial charge in [-0.25, -0.2) is 4.98 Å². The highest BCUT2D eigenvalue weighted by Gasteiger charge is 2.36. The molecule has 116 valence electrons. The zero-order chi connectivity index (χ0) is 15.2. The second-order valence-electron chi connectivity index (χ2n) is 7.07. The van der Waals surface area contributed by atoms with Crippen LogP contribution >= 0.6 is 11.3 Å². The van der Waals surface area contributed by atoms with Gasteiger partial charge >= 0.3 is 0 Å². The lowest BCUT2D eigenvalue weighted by Gasteiger charge is -2.38. The fourth-order valence-corrected chi connectivity index (χ4v) is 4.35. The molecule has 1 fully saturated rings. The van der Waals surface area contributed by atoms with Crippen molar-refractivity contribution in [2.75, 3.05) is 18.1 Å². The minimum atomic E-state index is 0.0396. The van der Waals surface area contributed by atoms with Crippen LogP contribution in [0, 0.1) is 5.41 Å². The molecule has 2 heterocycles. The van der Waals surface area contributed by atoms with E-state index < -0.39 is 0 Å². The third-order valence-electron chi connectivity index (χ3n) is 4.41. The van der Waals surface area contributed by atoms with Gasteiger partial charge in [0.15, 0.2) is 10.9 Å². The van der Waals surface area contributed by atoms with E-state index in [1.54, 1.807) is 11.3 Å². The second kappa shape index (κ2) is 5.36. The first-order valence-corrected chi connectivity index (χ1v) is 8.62. The summed E-state index contributed by atoms with van der Waals surface area (Å²) < 4.78 is 5.76. The van der Waals surface area contributed by atoms with Crippen molar-refractivity contribution >= 4 is 22.3 Å². The van der Waals surface area contributed by atoms with Crippen molar-refractivity contribution in [3.05, 3.63) is 10.6 Å². The van der Waals surface area contributed by atoms with Crippen molar-refractivity contribution < 1.29 is 9.53 Å². The molecule has 0 amide bonds.